The van der Waals surface area contributed by atoms with E-state index in [1.807, 2.05) is 76.2 Å². The van der Waals surface area contributed by atoms with Gasteiger partial charge in [0.2, 0.25) is 0 Å². The Bertz CT molecular complexity index is 1360. The summed E-state index contributed by atoms with van der Waals surface area (Å²) in [4.78, 5) is 0. The Morgan fingerprint density at radius 3 is 0.696 bits per heavy atom. The lowest BCUT2D eigenvalue weighted by atomic mass is 9.73. The lowest BCUT2D eigenvalue weighted by molar-refractivity contribution is 0.352. The first-order valence-corrected chi connectivity index (χ1v) is 15.6. The maximum absolute atomic E-state index is 5.94. The van der Waals surface area contributed by atoms with E-state index >= 15 is 0 Å². The molecule has 0 radical (unpaired) electrons. The van der Waals surface area contributed by atoms with Crippen molar-refractivity contribution >= 4 is 0 Å². The summed E-state index contributed by atoms with van der Waals surface area (Å²) in [7, 11) is 0. The fourth-order valence-electron chi connectivity index (χ4n) is 5.07. The standard InChI is InChI=1S/C42H46O4/c1-29(2)25-43-37-17-9-33(10-18-37)41(34-11-19-38(20-12-34)44-26-30(3)4)42(35-13-21-39(22-14-35)45-27-31(5)6)36-15-23-40(24-16-36)46-28-32(7)8/h9-24,41-42H,1,3,5,7,25-28H2,2,4,6,8H3. The molecular formula is C42H46O4. The summed E-state index contributed by atoms with van der Waals surface area (Å²) in [6.45, 7) is 25.6. The molecule has 238 valence electrons. The molecule has 46 heavy (non-hydrogen) atoms. The maximum Gasteiger partial charge on any atom is 0.119 e. The van der Waals surface area contributed by atoms with E-state index in [0.717, 1.165) is 67.5 Å². The predicted octanol–water partition coefficient (Wildman–Crippen LogP) is 10.5. The van der Waals surface area contributed by atoms with E-state index in [4.69, 9.17) is 18.9 Å². The average Bonchev–Trinajstić information content (AvgIpc) is 3.04. The lowest BCUT2D eigenvalue weighted by Gasteiger charge is -2.30. The molecule has 0 aliphatic heterocycles. The first-order valence-electron chi connectivity index (χ1n) is 15.6. The summed E-state index contributed by atoms with van der Waals surface area (Å²) in [6, 6.07) is 33.6. The van der Waals surface area contributed by atoms with Crippen molar-refractivity contribution in [2.45, 2.75) is 39.5 Å². The third-order valence-electron chi connectivity index (χ3n) is 7.23. The number of ether oxygens (including phenoxy) is 4. The number of rotatable bonds is 17. The van der Waals surface area contributed by atoms with Gasteiger partial charge in [-0.1, -0.05) is 74.8 Å². The highest BCUT2D eigenvalue weighted by Crippen LogP contribution is 2.44. The molecule has 0 unspecified atom stereocenters. The van der Waals surface area contributed by atoms with Gasteiger partial charge in [-0.3, -0.25) is 0 Å². The molecule has 0 aliphatic carbocycles. The highest BCUT2D eigenvalue weighted by molar-refractivity contribution is 5.48. The minimum atomic E-state index is -0.0326. The van der Waals surface area contributed by atoms with Gasteiger partial charge < -0.3 is 18.9 Å². The molecule has 4 heteroatoms. The van der Waals surface area contributed by atoms with Crippen molar-refractivity contribution in [1.82, 2.24) is 0 Å². The highest BCUT2D eigenvalue weighted by atomic mass is 16.5. The van der Waals surface area contributed by atoms with Crippen LogP contribution in [-0.2, 0) is 0 Å². The molecule has 4 rings (SSSR count). The molecule has 0 amide bonds. The summed E-state index contributed by atoms with van der Waals surface area (Å²) in [6.07, 6.45) is 0. The average molecular weight is 615 g/mol. The Morgan fingerprint density at radius 2 is 0.543 bits per heavy atom. The van der Waals surface area contributed by atoms with Gasteiger partial charge in [0, 0.05) is 11.8 Å². The van der Waals surface area contributed by atoms with Crippen LogP contribution in [0.1, 0.15) is 61.8 Å². The van der Waals surface area contributed by atoms with Crippen LogP contribution in [0.5, 0.6) is 23.0 Å². The number of hydrogen-bond donors (Lipinski definition) is 0. The minimum Gasteiger partial charge on any atom is -0.489 e. The van der Waals surface area contributed by atoms with Crippen molar-refractivity contribution in [3.63, 3.8) is 0 Å². The second kappa shape index (κ2) is 16.4. The fraction of sp³-hybridized carbons (Fsp3) is 0.238. The van der Waals surface area contributed by atoms with Crippen molar-refractivity contribution in [3.8, 4) is 23.0 Å². The molecule has 0 bridgehead atoms. The fourth-order valence-corrected chi connectivity index (χ4v) is 5.07. The van der Waals surface area contributed by atoms with Crippen LogP contribution in [0, 0.1) is 0 Å². The molecule has 0 atom stereocenters. The van der Waals surface area contributed by atoms with E-state index in [-0.39, 0.29) is 11.8 Å². The monoisotopic (exact) mass is 614 g/mol. The zero-order chi connectivity index (χ0) is 33.1. The number of hydrogen-bond acceptors (Lipinski definition) is 4. The van der Waals surface area contributed by atoms with Crippen molar-refractivity contribution in [2.24, 2.45) is 0 Å². The second-order valence-electron chi connectivity index (χ2n) is 12.2. The zero-order valence-corrected chi connectivity index (χ0v) is 27.7. The van der Waals surface area contributed by atoms with E-state index in [9.17, 15) is 0 Å². The van der Waals surface area contributed by atoms with Crippen LogP contribution in [0.3, 0.4) is 0 Å². The maximum atomic E-state index is 5.94. The van der Waals surface area contributed by atoms with Crippen LogP contribution in [0.15, 0.2) is 146 Å². The molecular weight excluding hydrogens is 568 g/mol. The third kappa shape index (κ3) is 10.0. The number of benzene rings is 4. The van der Waals surface area contributed by atoms with Crippen molar-refractivity contribution in [2.75, 3.05) is 26.4 Å². The Balaban J connectivity index is 1.80. The quantitative estimate of drug-likeness (QED) is 0.111. The minimum absolute atomic E-state index is 0.0326. The van der Waals surface area contributed by atoms with E-state index in [2.05, 4.69) is 74.8 Å². The van der Waals surface area contributed by atoms with Gasteiger partial charge in [0.05, 0.1) is 0 Å². The second-order valence-corrected chi connectivity index (χ2v) is 12.2. The Morgan fingerprint density at radius 1 is 0.370 bits per heavy atom. The van der Waals surface area contributed by atoms with E-state index in [1.54, 1.807) is 0 Å². The normalized spacial score (nSPS) is 10.8. The third-order valence-corrected chi connectivity index (χ3v) is 7.23. The molecule has 0 spiro atoms. The van der Waals surface area contributed by atoms with Crippen molar-refractivity contribution < 1.29 is 18.9 Å². The molecule has 0 heterocycles. The first-order chi connectivity index (χ1) is 22.1. The molecule has 0 aliphatic rings. The molecule has 0 fully saturated rings. The molecule has 0 saturated carbocycles. The van der Waals surface area contributed by atoms with Crippen LogP contribution in [0.25, 0.3) is 0 Å². The van der Waals surface area contributed by atoms with Gasteiger partial charge in [0.25, 0.3) is 0 Å². The molecule has 0 aromatic heterocycles. The largest absolute Gasteiger partial charge is 0.489 e. The lowest BCUT2D eigenvalue weighted by Crippen LogP contribution is -2.15. The van der Waals surface area contributed by atoms with Crippen LogP contribution < -0.4 is 18.9 Å². The van der Waals surface area contributed by atoms with E-state index < -0.39 is 0 Å². The molecule has 4 aromatic rings. The molecule has 0 N–H and O–H groups in total. The van der Waals surface area contributed by atoms with Gasteiger partial charge >= 0.3 is 0 Å². The summed E-state index contributed by atoms with van der Waals surface area (Å²) < 4.78 is 23.8. The van der Waals surface area contributed by atoms with E-state index in [0.29, 0.717) is 26.4 Å². The summed E-state index contributed by atoms with van der Waals surface area (Å²) in [5, 5.41) is 0. The predicted molar refractivity (Wildman–Crippen MR) is 191 cm³/mol. The summed E-state index contributed by atoms with van der Waals surface area (Å²) in [5.74, 6) is 3.17. The van der Waals surface area contributed by atoms with Gasteiger partial charge in [-0.15, -0.1) is 0 Å². The SMILES string of the molecule is C=C(C)COc1ccc(C(c2ccc(OCC(=C)C)cc2)C(c2ccc(OCC(=C)C)cc2)c2ccc(OCC(=C)C)cc2)cc1. The first kappa shape index (κ1) is 33.9. The Hall–Kier alpha value is -4.96. The van der Waals surface area contributed by atoms with Gasteiger partial charge in [-0.2, -0.15) is 0 Å². The van der Waals surface area contributed by atoms with Crippen LogP contribution in [0.2, 0.25) is 0 Å². The van der Waals surface area contributed by atoms with Gasteiger partial charge in [0.15, 0.2) is 0 Å². The highest BCUT2D eigenvalue weighted by Gasteiger charge is 2.29. The Labute approximate surface area is 275 Å². The van der Waals surface area contributed by atoms with Gasteiger partial charge in [-0.25, -0.2) is 0 Å². The summed E-state index contributed by atoms with van der Waals surface area (Å²) in [5.41, 5.74) is 8.54. The summed E-state index contributed by atoms with van der Waals surface area (Å²) >= 11 is 0. The smallest absolute Gasteiger partial charge is 0.119 e. The zero-order valence-electron chi connectivity index (χ0n) is 27.7. The molecule has 4 aromatic carbocycles. The molecule has 0 saturated heterocycles. The van der Waals surface area contributed by atoms with Crippen LogP contribution in [0.4, 0.5) is 0 Å². The molecule has 4 nitrogen and oxygen atoms in total. The Kier molecular flexibility index (Phi) is 12.1. The van der Waals surface area contributed by atoms with E-state index in [1.165, 1.54) is 0 Å². The van der Waals surface area contributed by atoms with Gasteiger partial charge in [-0.05, 0) is 121 Å². The van der Waals surface area contributed by atoms with Crippen molar-refractivity contribution in [1.29, 1.82) is 0 Å². The van der Waals surface area contributed by atoms with Gasteiger partial charge in [0.1, 0.15) is 49.4 Å². The topological polar surface area (TPSA) is 36.9 Å². The van der Waals surface area contributed by atoms with Crippen LogP contribution in [-0.4, -0.2) is 26.4 Å². The van der Waals surface area contributed by atoms with Crippen molar-refractivity contribution in [3.05, 3.63) is 168 Å². The van der Waals surface area contributed by atoms with Crippen LogP contribution >= 0.6 is 0 Å².